The second kappa shape index (κ2) is 10.2. The van der Waals surface area contributed by atoms with E-state index in [0.717, 1.165) is 29.4 Å². The predicted octanol–water partition coefficient (Wildman–Crippen LogP) is 4.30. The van der Waals surface area contributed by atoms with E-state index in [1.165, 1.54) is 0 Å². The first-order valence-corrected chi connectivity index (χ1v) is 9.30. The fourth-order valence-electron chi connectivity index (χ4n) is 2.40. The summed E-state index contributed by atoms with van der Waals surface area (Å²) in [4.78, 5) is 36.0. The highest BCUT2D eigenvalue weighted by atomic mass is 19.4. The van der Waals surface area contributed by atoms with Gasteiger partial charge >= 0.3 is 24.4 Å². The minimum absolute atomic E-state index is 0.0724. The van der Waals surface area contributed by atoms with Crippen LogP contribution in [0, 0.1) is 17.2 Å². The van der Waals surface area contributed by atoms with Gasteiger partial charge in [-0.25, -0.2) is 19.6 Å². The van der Waals surface area contributed by atoms with E-state index in [4.69, 9.17) is 5.26 Å². The highest BCUT2D eigenvalue weighted by Gasteiger charge is 2.45. The number of nitrogens with one attached hydrogen (secondary N) is 1. The number of aromatic nitrogens is 2. The molecule has 1 aromatic heterocycles. The van der Waals surface area contributed by atoms with Gasteiger partial charge in [-0.05, 0) is 35.4 Å². The van der Waals surface area contributed by atoms with Crippen molar-refractivity contribution in [2.45, 2.75) is 26.2 Å². The van der Waals surface area contributed by atoms with E-state index in [-0.39, 0.29) is 29.1 Å². The standard InChI is InChI=1S/C19H16F6N6O3/c1-11(2)10-30(15-7-8-27-14(9-26)29-15)31(34-16(32)19(23,24)25)17(33)28-13-5-3-12(4-6-13)18(20,21)22/h3-8,11H,10H2,1-2H3,(H,28,33). The maximum absolute atomic E-state index is 12.9. The molecule has 0 saturated heterocycles. The zero-order valence-corrected chi connectivity index (χ0v) is 17.5. The molecule has 182 valence electrons. The molecular formula is C19H16F6N6O3. The third-order valence-electron chi connectivity index (χ3n) is 3.80. The van der Waals surface area contributed by atoms with Crippen molar-refractivity contribution in [3.63, 3.8) is 0 Å². The van der Waals surface area contributed by atoms with Gasteiger partial charge in [0.25, 0.3) is 0 Å². The molecule has 0 aliphatic rings. The highest BCUT2D eigenvalue weighted by molar-refractivity contribution is 5.90. The van der Waals surface area contributed by atoms with Crippen molar-refractivity contribution in [1.82, 2.24) is 15.1 Å². The summed E-state index contributed by atoms with van der Waals surface area (Å²) in [7, 11) is 0. The molecule has 0 fully saturated rings. The molecule has 0 saturated carbocycles. The van der Waals surface area contributed by atoms with Crippen LogP contribution in [-0.4, -0.2) is 39.9 Å². The molecular weight excluding hydrogens is 474 g/mol. The molecule has 0 aliphatic carbocycles. The van der Waals surface area contributed by atoms with Gasteiger partial charge in [0.1, 0.15) is 6.07 Å². The van der Waals surface area contributed by atoms with Gasteiger partial charge in [-0.2, -0.15) is 36.6 Å². The van der Waals surface area contributed by atoms with Crippen LogP contribution in [-0.2, 0) is 15.8 Å². The Balaban J connectivity index is 2.45. The summed E-state index contributed by atoms with van der Waals surface area (Å²) in [6, 6.07) is 4.28. The summed E-state index contributed by atoms with van der Waals surface area (Å²) in [6.07, 6.45) is -9.05. The zero-order valence-electron chi connectivity index (χ0n) is 17.5. The second-order valence-corrected chi connectivity index (χ2v) is 6.98. The van der Waals surface area contributed by atoms with Crippen molar-refractivity contribution >= 4 is 23.5 Å². The number of amides is 2. The van der Waals surface area contributed by atoms with E-state index in [9.17, 15) is 35.9 Å². The number of nitrogens with zero attached hydrogens (tertiary/aromatic N) is 5. The fourth-order valence-corrected chi connectivity index (χ4v) is 2.40. The average molecular weight is 490 g/mol. The number of hydroxylamine groups is 1. The van der Waals surface area contributed by atoms with E-state index < -0.39 is 35.7 Å². The maximum Gasteiger partial charge on any atom is 0.493 e. The normalized spacial score (nSPS) is 11.5. The van der Waals surface area contributed by atoms with Gasteiger partial charge in [-0.15, -0.1) is 0 Å². The maximum atomic E-state index is 12.9. The lowest BCUT2D eigenvalue weighted by Gasteiger charge is -2.34. The van der Waals surface area contributed by atoms with Gasteiger partial charge in [-0.1, -0.05) is 13.8 Å². The van der Waals surface area contributed by atoms with Crippen molar-refractivity contribution < 1.29 is 40.8 Å². The van der Waals surface area contributed by atoms with Crippen LogP contribution in [0.4, 0.5) is 42.6 Å². The first-order chi connectivity index (χ1) is 15.7. The Morgan fingerprint density at radius 2 is 1.74 bits per heavy atom. The molecule has 0 spiro atoms. The summed E-state index contributed by atoms with van der Waals surface area (Å²) >= 11 is 0. The molecule has 1 aromatic carbocycles. The van der Waals surface area contributed by atoms with Crippen molar-refractivity contribution in [2.75, 3.05) is 16.9 Å². The number of anilines is 2. The van der Waals surface area contributed by atoms with Crippen LogP contribution in [0.5, 0.6) is 0 Å². The zero-order chi connectivity index (χ0) is 25.7. The van der Waals surface area contributed by atoms with Gasteiger partial charge in [0.15, 0.2) is 5.82 Å². The van der Waals surface area contributed by atoms with Crippen LogP contribution in [0.3, 0.4) is 0 Å². The minimum atomic E-state index is -5.49. The van der Waals surface area contributed by atoms with Gasteiger partial charge < -0.3 is 10.2 Å². The van der Waals surface area contributed by atoms with Crippen LogP contribution < -0.4 is 10.3 Å². The predicted molar refractivity (Wildman–Crippen MR) is 103 cm³/mol. The molecule has 34 heavy (non-hydrogen) atoms. The molecule has 0 bridgehead atoms. The third kappa shape index (κ3) is 6.95. The number of nitriles is 1. The highest BCUT2D eigenvalue weighted by Crippen LogP contribution is 2.30. The molecule has 2 rings (SSSR count). The number of urea groups is 1. The molecule has 9 nitrogen and oxygen atoms in total. The largest absolute Gasteiger partial charge is 0.493 e. The quantitative estimate of drug-likeness (QED) is 0.491. The summed E-state index contributed by atoms with van der Waals surface area (Å²) in [5, 5.41) is 11.7. The number of carbonyl (C=O) groups is 2. The Morgan fingerprint density at radius 3 is 2.24 bits per heavy atom. The average Bonchev–Trinajstić information content (AvgIpc) is 2.74. The molecule has 0 radical (unpaired) electrons. The fraction of sp³-hybridized carbons (Fsp3) is 0.316. The topological polar surface area (TPSA) is 111 Å². The Labute approximate surface area is 188 Å². The van der Waals surface area contributed by atoms with E-state index in [1.807, 2.05) is 0 Å². The molecule has 0 unspecified atom stereocenters. The number of carbonyl (C=O) groups excluding carboxylic acids is 2. The summed E-state index contributed by atoms with van der Waals surface area (Å²) < 4.78 is 76.9. The lowest BCUT2D eigenvalue weighted by molar-refractivity contribution is -0.229. The SMILES string of the molecule is CC(C)CN(c1ccnc(C#N)n1)N(OC(=O)C(F)(F)F)C(=O)Nc1ccc(C(F)(F)F)cc1. The third-order valence-corrected chi connectivity index (χ3v) is 3.80. The van der Waals surface area contributed by atoms with Gasteiger partial charge in [0.05, 0.1) is 5.56 Å². The van der Waals surface area contributed by atoms with Crippen molar-refractivity contribution in [1.29, 1.82) is 5.26 Å². The molecule has 0 atom stereocenters. The van der Waals surface area contributed by atoms with Crippen LogP contribution in [0.25, 0.3) is 0 Å². The minimum Gasteiger partial charge on any atom is -0.306 e. The van der Waals surface area contributed by atoms with Crippen LogP contribution in [0.15, 0.2) is 36.5 Å². The molecule has 2 amide bonds. The van der Waals surface area contributed by atoms with Crippen LogP contribution in [0.1, 0.15) is 25.2 Å². The number of hydrazine groups is 1. The number of rotatable bonds is 5. The molecule has 1 N–H and O–H groups in total. The molecule has 1 heterocycles. The van der Waals surface area contributed by atoms with Gasteiger partial charge in [-0.3, -0.25) is 0 Å². The van der Waals surface area contributed by atoms with E-state index in [0.29, 0.717) is 12.1 Å². The Morgan fingerprint density at radius 1 is 1.12 bits per heavy atom. The van der Waals surface area contributed by atoms with E-state index in [2.05, 4.69) is 20.1 Å². The number of alkyl halides is 6. The monoisotopic (exact) mass is 490 g/mol. The first-order valence-electron chi connectivity index (χ1n) is 9.30. The lowest BCUT2D eigenvalue weighted by Crippen LogP contribution is -2.53. The molecule has 0 aliphatic heterocycles. The lowest BCUT2D eigenvalue weighted by atomic mass is 10.2. The number of hydrogen-bond acceptors (Lipinski definition) is 7. The van der Waals surface area contributed by atoms with Crippen LogP contribution >= 0.6 is 0 Å². The van der Waals surface area contributed by atoms with Gasteiger partial charge in [0, 0.05) is 24.5 Å². The molecule has 2 aromatic rings. The Hall–Kier alpha value is -4.09. The van der Waals surface area contributed by atoms with Crippen molar-refractivity contribution in [2.24, 2.45) is 5.92 Å². The summed E-state index contributed by atoms with van der Waals surface area (Å²) in [5.74, 6) is -3.75. The second-order valence-electron chi connectivity index (χ2n) is 6.98. The Kier molecular flexibility index (Phi) is 7.88. The van der Waals surface area contributed by atoms with E-state index >= 15 is 0 Å². The molecule has 15 heteroatoms. The van der Waals surface area contributed by atoms with Crippen LogP contribution in [0.2, 0.25) is 0 Å². The number of hydrogen-bond donors (Lipinski definition) is 1. The smallest absolute Gasteiger partial charge is 0.306 e. The first kappa shape index (κ1) is 26.2. The number of benzene rings is 1. The van der Waals surface area contributed by atoms with Gasteiger partial charge in [0.2, 0.25) is 5.82 Å². The van der Waals surface area contributed by atoms with Crippen molar-refractivity contribution in [3.05, 3.63) is 47.9 Å². The number of halogens is 6. The summed E-state index contributed by atoms with van der Waals surface area (Å²) in [6.45, 7) is 3.02. The van der Waals surface area contributed by atoms with Crippen molar-refractivity contribution in [3.8, 4) is 6.07 Å². The summed E-state index contributed by atoms with van der Waals surface area (Å²) in [5.41, 5.74) is -1.27. The Bertz CT molecular complexity index is 1070. The van der Waals surface area contributed by atoms with E-state index in [1.54, 1.807) is 19.9 Å².